The van der Waals surface area contributed by atoms with Gasteiger partial charge in [0.1, 0.15) is 22.3 Å². The van der Waals surface area contributed by atoms with Gasteiger partial charge in [-0.1, -0.05) is 176 Å². The minimum absolute atomic E-state index is 0.147. The predicted molar refractivity (Wildman–Crippen MR) is 254 cm³/mol. The van der Waals surface area contributed by atoms with E-state index in [-0.39, 0.29) is 5.92 Å². The van der Waals surface area contributed by atoms with Crippen LogP contribution in [0.4, 0.5) is 0 Å². The fourth-order valence-corrected chi connectivity index (χ4v) is 9.71. The number of aromatic nitrogens is 3. The minimum Gasteiger partial charge on any atom is -0.455 e. The van der Waals surface area contributed by atoms with E-state index in [9.17, 15) is 0 Å². The lowest BCUT2D eigenvalue weighted by molar-refractivity contribution is 0.670. The Morgan fingerprint density at radius 1 is 0.302 bits per heavy atom. The molecule has 1 aliphatic carbocycles. The van der Waals surface area contributed by atoms with Gasteiger partial charge in [0.05, 0.1) is 0 Å². The summed E-state index contributed by atoms with van der Waals surface area (Å²) >= 11 is 0. The SMILES string of the molecule is c1ccc(-c2nc(-c3ccc(C4c5ccccc5-c5ccccc54)cc3)nc(-c3cc(-c4cccc5c4oc4ccccc45)cc(-c4cccc5c4oc4ccccc45)c3)n2)cc1. The van der Waals surface area contributed by atoms with E-state index in [1.54, 1.807) is 0 Å². The molecule has 0 N–H and O–H groups in total. The molecule has 0 aliphatic heterocycles. The van der Waals surface area contributed by atoms with Crippen LogP contribution in [0.3, 0.4) is 0 Å². The zero-order chi connectivity index (χ0) is 41.4. The highest BCUT2D eigenvalue weighted by Gasteiger charge is 2.29. The first kappa shape index (κ1) is 35.4. The van der Waals surface area contributed by atoms with Gasteiger partial charge in [0, 0.05) is 55.3 Å². The number of fused-ring (bicyclic) bond motifs is 9. The quantitative estimate of drug-likeness (QED) is 0.167. The molecule has 0 fully saturated rings. The summed E-state index contributed by atoms with van der Waals surface area (Å²) in [6.45, 7) is 0. The maximum atomic E-state index is 6.62. The molecule has 0 unspecified atom stereocenters. The molecule has 3 aromatic heterocycles. The fourth-order valence-electron chi connectivity index (χ4n) is 9.71. The number of rotatable bonds is 6. The molecule has 0 amide bonds. The summed E-state index contributed by atoms with van der Waals surface area (Å²) in [4.78, 5) is 15.7. The maximum absolute atomic E-state index is 6.62. The third kappa shape index (κ3) is 5.74. The Labute approximate surface area is 362 Å². The molecule has 0 radical (unpaired) electrons. The predicted octanol–water partition coefficient (Wildman–Crippen LogP) is 15.2. The Morgan fingerprint density at radius 3 is 1.27 bits per heavy atom. The van der Waals surface area contributed by atoms with Crippen LogP contribution in [-0.2, 0) is 0 Å². The standard InChI is InChI=1S/C58H35N3O2/c1-2-14-36(15-3-1)56-59-57(37-30-28-35(29-31-37)53-47-20-6-4-16-43(47)44-17-5-7-21-48(44)53)61-58(60-56)40-33-38(41-22-12-24-49-45-18-8-10-26-51(45)62-54(41)49)32-39(34-40)42-23-13-25-50-46-19-9-11-27-52(46)63-55(42)50/h1-34,53H. The van der Waals surface area contributed by atoms with Crippen LogP contribution in [0.25, 0.3) is 111 Å². The average Bonchev–Trinajstić information content (AvgIpc) is 4.04. The molecule has 0 saturated carbocycles. The van der Waals surface area contributed by atoms with E-state index in [1.807, 2.05) is 54.6 Å². The van der Waals surface area contributed by atoms with Gasteiger partial charge in [0.2, 0.25) is 0 Å². The number of hydrogen-bond acceptors (Lipinski definition) is 5. The minimum atomic E-state index is 0.147. The highest BCUT2D eigenvalue weighted by molar-refractivity contribution is 6.11. The number of benzene rings is 9. The van der Waals surface area contributed by atoms with Crippen molar-refractivity contribution in [3.63, 3.8) is 0 Å². The molecule has 9 aromatic carbocycles. The van der Waals surface area contributed by atoms with E-state index in [0.29, 0.717) is 17.5 Å². The van der Waals surface area contributed by atoms with E-state index in [4.69, 9.17) is 23.8 Å². The Morgan fingerprint density at radius 2 is 0.714 bits per heavy atom. The van der Waals surface area contributed by atoms with Crippen molar-refractivity contribution in [1.82, 2.24) is 15.0 Å². The van der Waals surface area contributed by atoms with E-state index in [1.165, 1.54) is 27.8 Å². The van der Waals surface area contributed by atoms with Gasteiger partial charge in [0.25, 0.3) is 0 Å². The van der Waals surface area contributed by atoms with Crippen molar-refractivity contribution in [2.24, 2.45) is 0 Å². The summed E-state index contributed by atoms with van der Waals surface area (Å²) in [5, 5.41) is 4.30. The fraction of sp³-hybridized carbons (Fsp3) is 0.0172. The lowest BCUT2D eigenvalue weighted by Crippen LogP contribution is -2.02. The van der Waals surface area contributed by atoms with Crippen molar-refractivity contribution in [2.45, 2.75) is 5.92 Å². The van der Waals surface area contributed by atoms with E-state index >= 15 is 0 Å². The van der Waals surface area contributed by atoms with Crippen LogP contribution >= 0.6 is 0 Å². The summed E-state index contributed by atoms with van der Waals surface area (Å²) in [7, 11) is 0. The molecule has 0 atom stereocenters. The van der Waals surface area contributed by atoms with E-state index in [0.717, 1.165) is 82.8 Å². The molecule has 5 heteroatoms. The number of furan rings is 2. The monoisotopic (exact) mass is 805 g/mol. The smallest absolute Gasteiger partial charge is 0.164 e. The van der Waals surface area contributed by atoms with Crippen LogP contribution in [0.1, 0.15) is 22.6 Å². The van der Waals surface area contributed by atoms with Gasteiger partial charge in [-0.05, 0) is 69.3 Å². The second kappa shape index (κ2) is 14.1. The number of hydrogen-bond donors (Lipinski definition) is 0. The van der Waals surface area contributed by atoms with Crippen LogP contribution in [0.5, 0.6) is 0 Å². The highest BCUT2D eigenvalue weighted by atomic mass is 16.3. The molecule has 5 nitrogen and oxygen atoms in total. The summed E-state index contributed by atoms with van der Waals surface area (Å²) in [6.07, 6.45) is 0. The van der Waals surface area contributed by atoms with Crippen molar-refractivity contribution < 1.29 is 8.83 Å². The molecular formula is C58H35N3O2. The molecule has 294 valence electrons. The van der Waals surface area contributed by atoms with Crippen LogP contribution in [0.2, 0.25) is 0 Å². The van der Waals surface area contributed by atoms with Crippen molar-refractivity contribution in [1.29, 1.82) is 0 Å². The topological polar surface area (TPSA) is 65.0 Å². The Balaban J connectivity index is 1.01. The molecule has 63 heavy (non-hydrogen) atoms. The Hall–Kier alpha value is -8.41. The van der Waals surface area contributed by atoms with Crippen molar-refractivity contribution >= 4 is 43.9 Å². The van der Waals surface area contributed by atoms with Crippen LogP contribution < -0.4 is 0 Å². The van der Waals surface area contributed by atoms with Crippen molar-refractivity contribution in [2.75, 3.05) is 0 Å². The zero-order valence-corrected chi connectivity index (χ0v) is 33.9. The second-order valence-corrected chi connectivity index (χ2v) is 16.3. The molecule has 13 rings (SSSR count). The van der Waals surface area contributed by atoms with Crippen molar-refractivity contribution in [3.8, 4) is 67.5 Å². The van der Waals surface area contributed by atoms with Crippen molar-refractivity contribution in [3.05, 3.63) is 223 Å². The van der Waals surface area contributed by atoms with Gasteiger partial charge >= 0.3 is 0 Å². The van der Waals surface area contributed by atoms with E-state index in [2.05, 4.69) is 152 Å². The molecule has 0 bridgehead atoms. The summed E-state index contributed by atoms with van der Waals surface area (Å²) in [6, 6.07) is 72.1. The van der Waals surface area contributed by atoms with Gasteiger partial charge in [-0.3, -0.25) is 0 Å². The molecule has 1 aliphatic rings. The second-order valence-electron chi connectivity index (χ2n) is 16.3. The van der Waals surface area contributed by atoms with Crippen LogP contribution in [0.15, 0.2) is 215 Å². The third-order valence-electron chi connectivity index (χ3n) is 12.6. The normalized spacial score (nSPS) is 12.4. The third-order valence-corrected chi connectivity index (χ3v) is 12.6. The Kier molecular flexibility index (Phi) is 7.90. The largest absolute Gasteiger partial charge is 0.455 e. The van der Waals surface area contributed by atoms with E-state index < -0.39 is 0 Å². The van der Waals surface area contributed by atoms with Gasteiger partial charge < -0.3 is 8.83 Å². The molecule has 0 saturated heterocycles. The lowest BCUT2D eigenvalue weighted by Gasteiger charge is -2.15. The molecule has 3 heterocycles. The van der Waals surface area contributed by atoms with Gasteiger partial charge in [-0.2, -0.15) is 0 Å². The first-order chi connectivity index (χ1) is 31.2. The van der Waals surface area contributed by atoms with Gasteiger partial charge in [0.15, 0.2) is 17.5 Å². The Bertz CT molecular complexity index is 3570. The van der Waals surface area contributed by atoms with Gasteiger partial charge in [-0.25, -0.2) is 15.0 Å². The highest BCUT2D eigenvalue weighted by Crippen LogP contribution is 2.48. The number of para-hydroxylation sites is 4. The van der Waals surface area contributed by atoms with Crippen LogP contribution in [-0.4, -0.2) is 15.0 Å². The molecule has 12 aromatic rings. The maximum Gasteiger partial charge on any atom is 0.164 e. The first-order valence-electron chi connectivity index (χ1n) is 21.3. The van der Waals surface area contributed by atoms with Gasteiger partial charge in [-0.15, -0.1) is 0 Å². The average molecular weight is 806 g/mol. The summed E-state index contributed by atoms with van der Waals surface area (Å²) in [5.41, 5.74) is 16.4. The lowest BCUT2D eigenvalue weighted by atomic mass is 9.89. The van der Waals surface area contributed by atoms with Crippen LogP contribution in [0, 0.1) is 0 Å². The molecular weight excluding hydrogens is 771 g/mol. The number of nitrogens with zero attached hydrogens (tertiary/aromatic N) is 3. The summed E-state index contributed by atoms with van der Waals surface area (Å²) < 4.78 is 13.2. The summed E-state index contributed by atoms with van der Waals surface area (Å²) in [5.74, 6) is 1.92. The first-order valence-corrected chi connectivity index (χ1v) is 21.3. The molecule has 0 spiro atoms. The zero-order valence-electron chi connectivity index (χ0n) is 33.9.